The van der Waals surface area contributed by atoms with E-state index in [1.165, 1.54) is 0 Å². The van der Waals surface area contributed by atoms with Gasteiger partial charge < -0.3 is 20.3 Å². The number of anilines is 1. The molecule has 2 aromatic rings. The van der Waals surface area contributed by atoms with Crippen LogP contribution in [0.25, 0.3) is 0 Å². The van der Waals surface area contributed by atoms with E-state index in [4.69, 9.17) is 16.3 Å². The zero-order valence-electron chi connectivity index (χ0n) is 18.1. The summed E-state index contributed by atoms with van der Waals surface area (Å²) < 4.78 is 5.09. The predicted octanol–water partition coefficient (Wildman–Crippen LogP) is 3.88. The van der Waals surface area contributed by atoms with E-state index >= 15 is 0 Å². The van der Waals surface area contributed by atoms with Gasteiger partial charge in [-0.1, -0.05) is 43.0 Å². The highest BCUT2D eigenvalue weighted by Crippen LogP contribution is 2.26. The number of amides is 3. The number of ether oxygens (including phenoxy) is 1. The van der Waals surface area contributed by atoms with Crippen LogP contribution in [-0.4, -0.2) is 48.9 Å². The molecule has 0 unspecified atom stereocenters. The van der Waals surface area contributed by atoms with Crippen LogP contribution in [0.15, 0.2) is 48.5 Å². The third kappa shape index (κ3) is 6.47. The summed E-state index contributed by atoms with van der Waals surface area (Å²) in [4.78, 5) is 39.6. The van der Waals surface area contributed by atoms with E-state index in [0.29, 0.717) is 22.0 Å². The molecular formula is C24H28ClN3O4. The van der Waals surface area contributed by atoms with Crippen LogP contribution in [-0.2, 0) is 9.59 Å². The summed E-state index contributed by atoms with van der Waals surface area (Å²) in [7, 11) is 1.57. The lowest BCUT2D eigenvalue weighted by atomic mass is 9.93. The summed E-state index contributed by atoms with van der Waals surface area (Å²) in [6.45, 7) is -0.311. The second kappa shape index (κ2) is 11.5. The highest BCUT2D eigenvalue weighted by Gasteiger charge is 2.29. The van der Waals surface area contributed by atoms with Gasteiger partial charge in [-0.15, -0.1) is 0 Å². The van der Waals surface area contributed by atoms with Crippen molar-refractivity contribution in [2.45, 2.75) is 38.1 Å². The minimum atomic E-state index is -0.388. The summed E-state index contributed by atoms with van der Waals surface area (Å²) in [5.74, 6) is -0.325. The minimum absolute atomic E-state index is 0.0219. The first-order valence-corrected chi connectivity index (χ1v) is 11.1. The Morgan fingerprint density at radius 2 is 1.69 bits per heavy atom. The number of benzene rings is 2. The van der Waals surface area contributed by atoms with Gasteiger partial charge in [0.05, 0.1) is 24.2 Å². The molecule has 0 radical (unpaired) electrons. The lowest BCUT2D eigenvalue weighted by Crippen LogP contribution is -2.48. The van der Waals surface area contributed by atoms with Crippen LogP contribution in [0.1, 0.15) is 42.5 Å². The Labute approximate surface area is 193 Å². The number of carbonyl (C=O) groups excluding carboxylic acids is 3. The van der Waals surface area contributed by atoms with E-state index in [2.05, 4.69) is 10.6 Å². The molecule has 32 heavy (non-hydrogen) atoms. The maximum absolute atomic E-state index is 13.2. The number of carbonyl (C=O) groups is 3. The Morgan fingerprint density at radius 1 is 1.00 bits per heavy atom. The SMILES string of the molecule is COc1ccc(NC(=O)CNC(=O)CN(C(=O)c2ccccc2Cl)C2CCCCC2)cc1. The van der Waals surface area contributed by atoms with Crippen molar-refractivity contribution in [3.05, 3.63) is 59.1 Å². The highest BCUT2D eigenvalue weighted by molar-refractivity contribution is 6.33. The van der Waals surface area contributed by atoms with Gasteiger partial charge in [0.2, 0.25) is 11.8 Å². The lowest BCUT2D eigenvalue weighted by Gasteiger charge is -2.34. The smallest absolute Gasteiger partial charge is 0.256 e. The fourth-order valence-corrected chi connectivity index (χ4v) is 4.03. The number of nitrogens with zero attached hydrogens (tertiary/aromatic N) is 1. The Morgan fingerprint density at radius 3 is 2.34 bits per heavy atom. The van der Waals surface area contributed by atoms with Gasteiger partial charge in [-0.25, -0.2) is 0 Å². The van der Waals surface area contributed by atoms with Crippen LogP contribution in [0.4, 0.5) is 5.69 Å². The molecule has 2 N–H and O–H groups in total. The molecule has 0 atom stereocenters. The van der Waals surface area contributed by atoms with Gasteiger partial charge in [-0.3, -0.25) is 14.4 Å². The van der Waals surface area contributed by atoms with E-state index in [-0.39, 0.29) is 36.9 Å². The van der Waals surface area contributed by atoms with Crippen LogP contribution in [0, 0.1) is 0 Å². The summed E-state index contributed by atoms with van der Waals surface area (Å²) in [5.41, 5.74) is 0.979. The van der Waals surface area contributed by atoms with Crippen LogP contribution < -0.4 is 15.4 Å². The Bertz CT molecular complexity index is 943. The van der Waals surface area contributed by atoms with E-state index in [1.54, 1.807) is 60.5 Å². The van der Waals surface area contributed by atoms with Crippen molar-refractivity contribution in [3.8, 4) is 5.75 Å². The van der Waals surface area contributed by atoms with Gasteiger partial charge in [0, 0.05) is 11.7 Å². The summed E-state index contributed by atoms with van der Waals surface area (Å²) in [6, 6.07) is 13.7. The molecule has 0 aromatic heterocycles. The fraction of sp³-hybridized carbons (Fsp3) is 0.375. The zero-order valence-corrected chi connectivity index (χ0v) is 18.9. The summed E-state index contributed by atoms with van der Waals surface area (Å²) in [5, 5.41) is 5.69. The maximum Gasteiger partial charge on any atom is 0.256 e. The Kier molecular flexibility index (Phi) is 8.50. The molecule has 0 bridgehead atoms. The minimum Gasteiger partial charge on any atom is -0.497 e. The normalized spacial score (nSPS) is 13.8. The monoisotopic (exact) mass is 457 g/mol. The zero-order chi connectivity index (χ0) is 22.9. The molecule has 1 saturated carbocycles. The van der Waals surface area contributed by atoms with Crippen molar-refractivity contribution in [2.24, 2.45) is 0 Å². The highest BCUT2D eigenvalue weighted by atomic mass is 35.5. The Balaban J connectivity index is 1.59. The van der Waals surface area contributed by atoms with Crippen molar-refractivity contribution < 1.29 is 19.1 Å². The van der Waals surface area contributed by atoms with Crippen molar-refractivity contribution in [3.63, 3.8) is 0 Å². The molecule has 3 rings (SSSR count). The van der Waals surface area contributed by atoms with Gasteiger partial charge >= 0.3 is 0 Å². The third-order valence-corrected chi connectivity index (χ3v) is 5.84. The van der Waals surface area contributed by atoms with Gasteiger partial charge in [0.15, 0.2) is 0 Å². The standard InChI is InChI=1S/C24H28ClN3O4/c1-32-19-13-11-17(12-14-19)27-22(29)15-26-23(30)16-28(18-7-3-2-4-8-18)24(31)20-9-5-6-10-21(20)25/h5-6,9-14,18H,2-4,7-8,15-16H2,1H3,(H,26,30)(H,27,29). The molecule has 1 aliphatic carbocycles. The molecule has 0 spiro atoms. The molecule has 0 heterocycles. The molecule has 8 heteroatoms. The number of hydrogen-bond donors (Lipinski definition) is 2. The van der Waals surface area contributed by atoms with E-state index < -0.39 is 0 Å². The van der Waals surface area contributed by atoms with Crippen LogP contribution in [0.3, 0.4) is 0 Å². The first kappa shape index (κ1) is 23.6. The third-order valence-electron chi connectivity index (χ3n) is 5.51. The van der Waals surface area contributed by atoms with Crippen molar-refractivity contribution >= 4 is 35.0 Å². The number of halogens is 1. The molecule has 170 valence electrons. The molecule has 0 saturated heterocycles. The molecule has 1 aliphatic rings. The fourth-order valence-electron chi connectivity index (χ4n) is 3.82. The van der Waals surface area contributed by atoms with Gasteiger partial charge in [0.25, 0.3) is 5.91 Å². The van der Waals surface area contributed by atoms with Crippen molar-refractivity contribution in [2.75, 3.05) is 25.5 Å². The molecule has 1 fully saturated rings. The first-order valence-electron chi connectivity index (χ1n) is 10.7. The Hall–Kier alpha value is -3.06. The first-order chi connectivity index (χ1) is 15.5. The van der Waals surface area contributed by atoms with Gasteiger partial charge in [0.1, 0.15) is 12.3 Å². The molecule has 0 aliphatic heterocycles. The molecule has 7 nitrogen and oxygen atoms in total. The average Bonchev–Trinajstić information content (AvgIpc) is 2.82. The molecule has 2 aromatic carbocycles. The van der Waals surface area contributed by atoms with Crippen LogP contribution in [0.2, 0.25) is 5.02 Å². The average molecular weight is 458 g/mol. The number of rotatable bonds is 8. The van der Waals surface area contributed by atoms with Crippen molar-refractivity contribution in [1.82, 2.24) is 10.2 Å². The predicted molar refractivity (Wildman–Crippen MR) is 124 cm³/mol. The maximum atomic E-state index is 13.2. The molecular weight excluding hydrogens is 430 g/mol. The van der Waals surface area contributed by atoms with Gasteiger partial charge in [-0.2, -0.15) is 0 Å². The lowest BCUT2D eigenvalue weighted by molar-refractivity contribution is -0.125. The van der Waals surface area contributed by atoms with E-state index in [9.17, 15) is 14.4 Å². The van der Waals surface area contributed by atoms with Crippen LogP contribution >= 0.6 is 11.6 Å². The summed E-state index contributed by atoms with van der Waals surface area (Å²) in [6.07, 6.45) is 4.86. The van der Waals surface area contributed by atoms with E-state index in [0.717, 1.165) is 32.1 Å². The van der Waals surface area contributed by atoms with Crippen molar-refractivity contribution in [1.29, 1.82) is 0 Å². The number of methoxy groups -OCH3 is 1. The topological polar surface area (TPSA) is 87.7 Å². The largest absolute Gasteiger partial charge is 0.497 e. The van der Waals surface area contributed by atoms with Gasteiger partial charge in [-0.05, 0) is 49.2 Å². The second-order valence-electron chi connectivity index (χ2n) is 7.76. The summed E-state index contributed by atoms with van der Waals surface area (Å²) >= 11 is 6.23. The number of nitrogens with one attached hydrogen (secondary N) is 2. The molecule has 3 amide bonds. The quantitative estimate of drug-likeness (QED) is 0.629. The van der Waals surface area contributed by atoms with Crippen LogP contribution in [0.5, 0.6) is 5.75 Å². The number of hydrogen-bond acceptors (Lipinski definition) is 4. The second-order valence-corrected chi connectivity index (χ2v) is 8.17. The van der Waals surface area contributed by atoms with E-state index in [1.807, 2.05) is 0 Å².